The molecule has 160 valence electrons. The first-order chi connectivity index (χ1) is 15.0. The number of nitrogens with one attached hydrogen (secondary N) is 1. The normalized spacial score (nSPS) is 17.8. The molecule has 9 heteroatoms. The van der Waals surface area contributed by atoms with E-state index in [1.54, 1.807) is 53.4 Å². The van der Waals surface area contributed by atoms with Gasteiger partial charge in [-0.3, -0.25) is 19.8 Å². The van der Waals surface area contributed by atoms with Crippen LogP contribution in [0.1, 0.15) is 5.56 Å². The lowest BCUT2D eigenvalue weighted by atomic mass is 10.1. The van der Waals surface area contributed by atoms with Crippen LogP contribution in [0.5, 0.6) is 5.75 Å². The van der Waals surface area contributed by atoms with Gasteiger partial charge in [-0.2, -0.15) is 0 Å². The van der Waals surface area contributed by atoms with Crippen LogP contribution in [0.3, 0.4) is 0 Å². The van der Waals surface area contributed by atoms with Gasteiger partial charge in [0, 0.05) is 18.1 Å². The number of hydrogen-bond donors (Lipinski definition) is 1. The third-order valence-corrected chi connectivity index (χ3v) is 5.11. The third kappa shape index (κ3) is 4.87. The number of morpholine rings is 1. The molecule has 3 amide bonds. The van der Waals surface area contributed by atoms with Gasteiger partial charge in [-0.25, -0.2) is 5.01 Å². The summed E-state index contributed by atoms with van der Waals surface area (Å²) < 4.78 is 10.8. The average Bonchev–Trinajstić information content (AvgIpc) is 3.07. The zero-order valence-electron chi connectivity index (χ0n) is 16.5. The third-order valence-electron chi connectivity index (χ3n) is 4.88. The molecule has 0 aromatic heterocycles. The van der Waals surface area contributed by atoms with E-state index in [2.05, 4.69) is 5.43 Å². The highest BCUT2D eigenvalue weighted by Crippen LogP contribution is 2.24. The summed E-state index contributed by atoms with van der Waals surface area (Å²) in [6.45, 7) is 2.15. The molecule has 0 radical (unpaired) electrons. The van der Waals surface area contributed by atoms with Crippen molar-refractivity contribution < 1.29 is 23.9 Å². The topological polar surface area (TPSA) is 88.2 Å². The van der Waals surface area contributed by atoms with Gasteiger partial charge < -0.3 is 14.4 Å². The number of amides is 3. The van der Waals surface area contributed by atoms with Crippen molar-refractivity contribution in [2.75, 3.05) is 37.9 Å². The van der Waals surface area contributed by atoms with Gasteiger partial charge in [0.25, 0.3) is 17.7 Å². The first-order valence-corrected chi connectivity index (χ1v) is 10.1. The van der Waals surface area contributed by atoms with Crippen molar-refractivity contribution in [2.45, 2.75) is 0 Å². The highest BCUT2D eigenvalue weighted by molar-refractivity contribution is 6.33. The average molecular weight is 442 g/mol. The smallest absolute Gasteiger partial charge is 0.282 e. The molecule has 2 aliphatic rings. The Hall–Kier alpha value is -3.36. The van der Waals surface area contributed by atoms with E-state index < -0.39 is 11.8 Å². The van der Waals surface area contributed by atoms with Gasteiger partial charge in [0.05, 0.1) is 18.9 Å². The molecule has 0 unspecified atom stereocenters. The van der Waals surface area contributed by atoms with Crippen LogP contribution in [0.25, 0.3) is 6.08 Å². The van der Waals surface area contributed by atoms with Gasteiger partial charge in [-0.15, -0.1) is 0 Å². The van der Waals surface area contributed by atoms with Crippen molar-refractivity contribution in [1.82, 2.24) is 10.3 Å². The maximum absolute atomic E-state index is 12.7. The summed E-state index contributed by atoms with van der Waals surface area (Å²) in [6.07, 6.45) is 1.50. The monoisotopic (exact) mass is 441 g/mol. The molecule has 0 saturated carbocycles. The number of nitrogens with zero attached hydrogens (tertiary/aromatic N) is 2. The minimum absolute atomic E-state index is 0.0103. The maximum atomic E-state index is 12.7. The lowest BCUT2D eigenvalue weighted by molar-refractivity contribution is -0.137. The Bertz CT molecular complexity index is 1030. The summed E-state index contributed by atoms with van der Waals surface area (Å²) >= 11 is 5.97. The van der Waals surface area contributed by atoms with Crippen LogP contribution < -0.4 is 15.2 Å². The first-order valence-electron chi connectivity index (χ1n) is 9.72. The second-order valence-electron chi connectivity index (χ2n) is 6.97. The molecule has 2 saturated heterocycles. The van der Waals surface area contributed by atoms with Crippen LogP contribution >= 0.6 is 11.6 Å². The van der Waals surface area contributed by atoms with E-state index in [-0.39, 0.29) is 18.1 Å². The predicted molar refractivity (Wildman–Crippen MR) is 114 cm³/mol. The van der Waals surface area contributed by atoms with Crippen LogP contribution in [0.15, 0.2) is 54.1 Å². The fourth-order valence-corrected chi connectivity index (χ4v) is 3.42. The van der Waals surface area contributed by atoms with E-state index in [4.69, 9.17) is 21.1 Å². The SMILES string of the molecule is O=C1NN(c2cccc(Cl)c2)C(=O)C1=Cc1ccc(OCC(=O)N2CCOCC2)cc1. The number of anilines is 1. The zero-order valence-corrected chi connectivity index (χ0v) is 17.3. The van der Waals surface area contributed by atoms with E-state index >= 15 is 0 Å². The molecule has 0 spiro atoms. The van der Waals surface area contributed by atoms with Gasteiger partial charge >= 0.3 is 0 Å². The molecular formula is C22H20ClN3O5. The van der Waals surface area contributed by atoms with Crippen LogP contribution in [0.4, 0.5) is 5.69 Å². The zero-order chi connectivity index (χ0) is 21.8. The largest absolute Gasteiger partial charge is 0.484 e. The summed E-state index contributed by atoms with van der Waals surface area (Å²) in [5, 5.41) is 1.62. The van der Waals surface area contributed by atoms with Crippen molar-refractivity contribution >= 4 is 41.1 Å². The Morgan fingerprint density at radius 3 is 2.58 bits per heavy atom. The Balaban J connectivity index is 1.40. The fraction of sp³-hybridized carbons (Fsp3) is 0.227. The lowest BCUT2D eigenvalue weighted by Crippen LogP contribution is -2.42. The molecule has 2 heterocycles. The number of carbonyl (C=O) groups excluding carboxylic acids is 3. The molecular weight excluding hydrogens is 422 g/mol. The predicted octanol–water partition coefficient (Wildman–Crippen LogP) is 2.04. The summed E-state index contributed by atoms with van der Waals surface area (Å²) in [5.74, 6) is -0.541. The lowest BCUT2D eigenvalue weighted by Gasteiger charge is -2.26. The standard InChI is InChI=1S/C22H20ClN3O5/c23-16-2-1-3-17(13-16)26-22(29)19(21(28)24-26)12-15-4-6-18(7-5-15)31-14-20(27)25-8-10-30-11-9-25/h1-7,12-13H,8-11,14H2,(H,24,28). The number of halogens is 1. The molecule has 1 N–H and O–H groups in total. The molecule has 0 atom stereocenters. The van der Waals surface area contributed by atoms with E-state index in [0.29, 0.717) is 48.3 Å². The van der Waals surface area contributed by atoms with Gasteiger partial charge in [-0.05, 0) is 42.0 Å². The van der Waals surface area contributed by atoms with Crippen LogP contribution in [0, 0.1) is 0 Å². The molecule has 31 heavy (non-hydrogen) atoms. The number of hydrazine groups is 1. The van der Waals surface area contributed by atoms with Crippen LogP contribution in [-0.4, -0.2) is 55.5 Å². The van der Waals surface area contributed by atoms with Crippen molar-refractivity contribution in [3.8, 4) is 5.75 Å². The number of rotatable bonds is 5. The maximum Gasteiger partial charge on any atom is 0.282 e. The van der Waals surface area contributed by atoms with Crippen LogP contribution in [0.2, 0.25) is 5.02 Å². The van der Waals surface area contributed by atoms with E-state index in [9.17, 15) is 14.4 Å². The van der Waals surface area contributed by atoms with Crippen molar-refractivity contribution in [2.24, 2.45) is 0 Å². The van der Waals surface area contributed by atoms with Gasteiger partial charge in [-0.1, -0.05) is 29.8 Å². The number of benzene rings is 2. The van der Waals surface area contributed by atoms with Gasteiger partial charge in [0.1, 0.15) is 11.3 Å². The second-order valence-corrected chi connectivity index (χ2v) is 7.41. The molecule has 2 fully saturated rings. The minimum Gasteiger partial charge on any atom is -0.484 e. The van der Waals surface area contributed by atoms with E-state index in [0.717, 1.165) is 5.01 Å². The number of ether oxygens (including phenoxy) is 2. The van der Waals surface area contributed by atoms with Gasteiger partial charge in [0.2, 0.25) is 0 Å². The van der Waals surface area contributed by atoms with Crippen molar-refractivity contribution in [3.05, 3.63) is 64.7 Å². The Morgan fingerprint density at radius 1 is 1.13 bits per heavy atom. The minimum atomic E-state index is -0.499. The second kappa shape index (κ2) is 9.20. The van der Waals surface area contributed by atoms with Gasteiger partial charge in [0.15, 0.2) is 6.61 Å². The molecule has 2 aromatic rings. The highest BCUT2D eigenvalue weighted by atomic mass is 35.5. The summed E-state index contributed by atoms with van der Waals surface area (Å²) in [7, 11) is 0. The molecule has 0 bridgehead atoms. The molecule has 4 rings (SSSR count). The quantitative estimate of drug-likeness (QED) is 0.566. The van der Waals surface area contributed by atoms with E-state index in [1.807, 2.05) is 0 Å². The summed E-state index contributed by atoms with van der Waals surface area (Å²) in [5.41, 5.74) is 3.67. The Morgan fingerprint density at radius 2 is 1.87 bits per heavy atom. The van der Waals surface area contributed by atoms with Crippen LogP contribution in [-0.2, 0) is 19.1 Å². The fourth-order valence-electron chi connectivity index (χ4n) is 3.23. The molecule has 8 nitrogen and oxygen atoms in total. The summed E-state index contributed by atoms with van der Waals surface area (Å²) in [4.78, 5) is 38.8. The highest BCUT2D eigenvalue weighted by Gasteiger charge is 2.34. The number of hydrogen-bond acceptors (Lipinski definition) is 5. The summed E-state index contributed by atoms with van der Waals surface area (Å²) in [6, 6.07) is 13.4. The Kier molecular flexibility index (Phi) is 6.20. The number of carbonyl (C=O) groups is 3. The molecule has 2 aliphatic heterocycles. The van der Waals surface area contributed by atoms with Crippen molar-refractivity contribution in [3.63, 3.8) is 0 Å². The Labute approximate surface area is 183 Å². The van der Waals surface area contributed by atoms with Crippen molar-refractivity contribution in [1.29, 1.82) is 0 Å². The molecule has 2 aromatic carbocycles. The van der Waals surface area contributed by atoms with E-state index in [1.165, 1.54) is 6.08 Å². The first kappa shape index (κ1) is 20.9. The molecule has 0 aliphatic carbocycles.